The van der Waals surface area contributed by atoms with Gasteiger partial charge in [0.2, 0.25) is 11.8 Å². The van der Waals surface area contributed by atoms with Crippen LogP contribution in [-0.4, -0.2) is 50.2 Å². The zero-order valence-electron chi connectivity index (χ0n) is 11.7. The van der Waals surface area contributed by atoms with Gasteiger partial charge in [-0.1, -0.05) is 7.43 Å². The predicted molar refractivity (Wildman–Crippen MR) is 64.7 cm³/mol. The van der Waals surface area contributed by atoms with E-state index in [-0.39, 0.29) is 12.3 Å². The van der Waals surface area contributed by atoms with Crippen molar-refractivity contribution in [3.8, 4) is 0 Å². The molecule has 0 saturated carbocycles. The van der Waals surface area contributed by atoms with Crippen LogP contribution in [0.5, 0.6) is 0 Å². The summed E-state index contributed by atoms with van der Waals surface area (Å²) in [5, 5.41) is 0. The lowest BCUT2D eigenvalue weighted by atomic mass is 10.4. The summed E-state index contributed by atoms with van der Waals surface area (Å²) in [5.41, 5.74) is 0. The van der Waals surface area contributed by atoms with E-state index in [4.69, 9.17) is 0 Å². The van der Waals surface area contributed by atoms with Gasteiger partial charge >= 0.3 is 18.3 Å². The second-order valence-electron chi connectivity index (χ2n) is 4.01. The van der Waals surface area contributed by atoms with Crippen LogP contribution in [-0.2, 0) is 0 Å². The van der Waals surface area contributed by atoms with E-state index >= 15 is 0 Å². The van der Waals surface area contributed by atoms with Gasteiger partial charge < -0.3 is 4.90 Å². The fourth-order valence-corrected chi connectivity index (χ4v) is 0.623. The lowest BCUT2D eigenvalue weighted by Crippen LogP contribution is -2.36. The molecule has 0 unspecified atom stereocenters. The quantitative estimate of drug-likeness (QED) is 0.508. The summed E-state index contributed by atoms with van der Waals surface area (Å²) < 4.78 is 117. The van der Waals surface area contributed by atoms with E-state index in [2.05, 4.69) is 0 Å². The third kappa shape index (κ3) is 8.67. The van der Waals surface area contributed by atoms with Crippen molar-refractivity contribution >= 4 is 0 Å². The molecule has 2 nitrogen and oxygen atoms in total. The highest BCUT2D eigenvalue weighted by Crippen LogP contribution is 2.31. The summed E-state index contributed by atoms with van der Waals surface area (Å²) in [6.45, 7) is 0. The molecular weight excluding hydrogens is 350 g/mol. The molecule has 0 fully saturated rings. The molecule has 0 radical (unpaired) electrons. The summed E-state index contributed by atoms with van der Waals surface area (Å²) in [7, 11) is 3.53. The molecule has 0 amide bonds. The molecule has 0 spiro atoms. The van der Waals surface area contributed by atoms with Crippen LogP contribution in [0.4, 0.5) is 43.9 Å². The van der Waals surface area contributed by atoms with Crippen LogP contribution in [0.25, 0.3) is 0 Å². The SMILES string of the molecule is C.CN(C)/C(F)=C(\F)C(F)(F)F.CN(C)C(F)(F)C(F)=C(F)F. The van der Waals surface area contributed by atoms with Gasteiger partial charge in [-0.3, -0.25) is 0 Å². The van der Waals surface area contributed by atoms with E-state index in [1.165, 1.54) is 0 Å². The Labute approximate surface area is 126 Å². The minimum atomic E-state index is -5.24. The van der Waals surface area contributed by atoms with Crippen molar-refractivity contribution in [1.29, 1.82) is 0 Å². The van der Waals surface area contributed by atoms with Crippen molar-refractivity contribution in [2.24, 2.45) is 0 Å². The number of likely N-dealkylation sites (N-methyl/N-ethyl adjacent to an activating group) is 1. The Hall–Kier alpha value is -1.46. The van der Waals surface area contributed by atoms with Gasteiger partial charge in [0.15, 0.2) is 0 Å². The molecule has 0 bridgehead atoms. The summed E-state index contributed by atoms with van der Waals surface area (Å²) >= 11 is 0. The van der Waals surface area contributed by atoms with Crippen molar-refractivity contribution < 1.29 is 43.9 Å². The Bertz CT molecular complexity index is 419. The molecule has 0 saturated heterocycles. The number of rotatable bonds is 3. The molecule has 0 aromatic rings. The largest absolute Gasteiger partial charge is 0.447 e. The van der Waals surface area contributed by atoms with Crippen molar-refractivity contribution in [3.63, 3.8) is 0 Å². The second kappa shape index (κ2) is 9.63. The first-order chi connectivity index (χ1) is 9.56. The Morgan fingerprint density at radius 2 is 1.04 bits per heavy atom. The average molecular weight is 366 g/mol. The standard InChI is InChI=1S/2C5H6F5N.CH4/c1-11(2)4(7)3(6)5(8,9)10;1-11(2)5(9,10)3(6)4(7)8;/h2*1-2H3;1H4/b4-3-;;. The molecule has 140 valence electrons. The van der Waals surface area contributed by atoms with E-state index in [0.29, 0.717) is 4.90 Å². The first kappa shape index (κ1) is 26.4. The van der Waals surface area contributed by atoms with Gasteiger partial charge in [0.1, 0.15) is 0 Å². The first-order valence-electron chi connectivity index (χ1n) is 5.13. The third-order valence-corrected chi connectivity index (χ3v) is 1.81. The molecule has 0 aliphatic carbocycles. The van der Waals surface area contributed by atoms with Gasteiger partial charge in [0.25, 0.3) is 5.83 Å². The molecule has 0 aromatic carbocycles. The summed E-state index contributed by atoms with van der Waals surface area (Å²) in [5.74, 6) is -7.33. The van der Waals surface area contributed by atoms with Crippen LogP contribution >= 0.6 is 0 Å². The first-order valence-corrected chi connectivity index (χ1v) is 5.13. The molecule has 23 heavy (non-hydrogen) atoms. The van der Waals surface area contributed by atoms with Crippen LogP contribution in [0.2, 0.25) is 0 Å². The maximum absolute atomic E-state index is 12.2. The lowest BCUT2D eigenvalue weighted by Gasteiger charge is -2.20. The molecule has 0 heterocycles. The molecule has 0 aliphatic rings. The number of hydrogen-bond donors (Lipinski definition) is 0. The molecule has 12 heteroatoms. The van der Waals surface area contributed by atoms with Crippen molar-refractivity contribution in [3.05, 3.63) is 23.7 Å². The third-order valence-electron chi connectivity index (χ3n) is 1.81. The molecule has 0 atom stereocenters. The molecule has 0 aliphatic heterocycles. The minimum Gasteiger partial charge on any atom is -0.352 e. The zero-order valence-corrected chi connectivity index (χ0v) is 11.7. The van der Waals surface area contributed by atoms with Gasteiger partial charge in [-0.25, -0.2) is 4.90 Å². The van der Waals surface area contributed by atoms with Crippen molar-refractivity contribution in [2.45, 2.75) is 19.6 Å². The number of allylic oxidation sites excluding steroid dienone is 1. The van der Waals surface area contributed by atoms with Crippen LogP contribution < -0.4 is 0 Å². The number of hydrogen-bond acceptors (Lipinski definition) is 2. The van der Waals surface area contributed by atoms with Crippen LogP contribution in [0.3, 0.4) is 0 Å². The summed E-state index contributed by atoms with van der Waals surface area (Å²) in [6, 6.07) is -4.22. The number of alkyl halides is 5. The summed E-state index contributed by atoms with van der Waals surface area (Å²) in [6.07, 6.45) is -8.24. The molecule has 0 rings (SSSR count). The lowest BCUT2D eigenvalue weighted by molar-refractivity contribution is -0.113. The van der Waals surface area contributed by atoms with E-state index in [1.807, 2.05) is 0 Å². The zero-order chi connectivity index (χ0) is 18.5. The van der Waals surface area contributed by atoms with Crippen molar-refractivity contribution in [1.82, 2.24) is 9.80 Å². The highest BCUT2D eigenvalue weighted by atomic mass is 19.4. The fourth-order valence-electron chi connectivity index (χ4n) is 0.623. The maximum atomic E-state index is 12.2. The normalized spacial score (nSPS) is 12.7. The van der Waals surface area contributed by atoms with E-state index in [1.54, 1.807) is 0 Å². The van der Waals surface area contributed by atoms with E-state index < -0.39 is 35.9 Å². The van der Waals surface area contributed by atoms with Gasteiger partial charge in [-0.15, -0.1) is 0 Å². The smallest absolute Gasteiger partial charge is 0.352 e. The molecule has 0 N–H and O–H groups in total. The monoisotopic (exact) mass is 366 g/mol. The van der Waals surface area contributed by atoms with E-state index in [9.17, 15) is 43.9 Å². The van der Waals surface area contributed by atoms with Crippen LogP contribution in [0.15, 0.2) is 23.7 Å². The highest BCUT2D eigenvalue weighted by Gasteiger charge is 2.41. The molecular formula is C11H16F10N2. The Morgan fingerprint density at radius 3 is 1.13 bits per heavy atom. The Kier molecular flexibility index (Phi) is 11.1. The highest BCUT2D eigenvalue weighted by molar-refractivity contribution is 5.03. The number of nitrogens with zero attached hydrogens (tertiary/aromatic N) is 2. The second-order valence-corrected chi connectivity index (χ2v) is 4.01. The van der Waals surface area contributed by atoms with Gasteiger partial charge in [0.05, 0.1) is 0 Å². The Balaban J connectivity index is -0.000000333. The predicted octanol–water partition coefficient (Wildman–Crippen LogP) is 5.07. The fraction of sp³-hybridized carbons (Fsp3) is 0.636. The van der Waals surface area contributed by atoms with Gasteiger partial charge in [0, 0.05) is 14.1 Å². The number of halogens is 10. The minimum absolute atomic E-state index is 0. The van der Waals surface area contributed by atoms with Gasteiger partial charge in [-0.05, 0) is 14.1 Å². The average Bonchev–Trinajstić information content (AvgIpc) is 2.34. The van der Waals surface area contributed by atoms with Crippen molar-refractivity contribution in [2.75, 3.05) is 28.2 Å². The Morgan fingerprint density at radius 1 is 0.696 bits per heavy atom. The van der Waals surface area contributed by atoms with Crippen LogP contribution in [0, 0.1) is 0 Å². The topological polar surface area (TPSA) is 6.48 Å². The van der Waals surface area contributed by atoms with Crippen LogP contribution in [0.1, 0.15) is 7.43 Å². The van der Waals surface area contributed by atoms with E-state index in [0.717, 1.165) is 28.2 Å². The summed E-state index contributed by atoms with van der Waals surface area (Å²) in [4.78, 5) is 0.463. The maximum Gasteiger partial charge on any atom is 0.447 e. The molecule has 0 aromatic heterocycles. The van der Waals surface area contributed by atoms with Gasteiger partial charge in [-0.2, -0.15) is 43.9 Å².